The molecule has 0 aliphatic carbocycles. The van der Waals surface area contributed by atoms with Gasteiger partial charge in [0.05, 0.1) is 50.9 Å². The van der Waals surface area contributed by atoms with Gasteiger partial charge in [0.2, 0.25) is 0 Å². The van der Waals surface area contributed by atoms with Crippen LogP contribution in [0.1, 0.15) is 70.9 Å². The molecule has 1 unspecified atom stereocenters. The van der Waals surface area contributed by atoms with Crippen molar-refractivity contribution in [2.24, 2.45) is 0 Å². The number of nitrogens with one attached hydrogen (secondary N) is 3. The smallest absolute Gasteiger partial charge is 0.411 e. The second kappa shape index (κ2) is 28.7. The molecule has 0 radical (unpaired) electrons. The molecule has 23 heteroatoms. The molecule has 7 rings (SSSR count). The van der Waals surface area contributed by atoms with Gasteiger partial charge in [-0.1, -0.05) is 24.3 Å². The maximum absolute atomic E-state index is 15.4. The van der Waals surface area contributed by atoms with Crippen molar-refractivity contribution in [2.75, 3.05) is 76.8 Å². The van der Waals surface area contributed by atoms with Crippen LogP contribution >= 0.6 is 0 Å². The molecule has 1 saturated heterocycles. The molecule has 2 aromatic heterocycles. The van der Waals surface area contributed by atoms with Crippen molar-refractivity contribution in [3.63, 3.8) is 0 Å². The lowest BCUT2D eigenvalue weighted by Crippen LogP contribution is -2.54. The third-order valence-corrected chi connectivity index (χ3v) is 13.0. The van der Waals surface area contributed by atoms with Gasteiger partial charge in [-0.25, -0.2) is 41.3 Å². The van der Waals surface area contributed by atoms with Gasteiger partial charge in [-0.15, -0.1) is 0 Å². The molecule has 4 aromatic carbocycles. The summed E-state index contributed by atoms with van der Waals surface area (Å²) in [6.45, 7) is 10.6. The van der Waals surface area contributed by atoms with E-state index < -0.39 is 69.8 Å². The van der Waals surface area contributed by atoms with E-state index in [0.29, 0.717) is 74.2 Å². The van der Waals surface area contributed by atoms with Gasteiger partial charge >= 0.3 is 18.3 Å². The minimum absolute atomic E-state index is 0.0164. The van der Waals surface area contributed by atoms with Gasteiger partial charge in [0, 0.05) is 79.8 Å². The fourth-order valence-electron chi connectivity index (χ4n) is 9.10. The number of likely N-dealkylation sites (N-methyl/N-ethyl adjacent to an activating group) is 1. The summed E-state index contributed by atoms with van der Waals surface area (Å²) in [4.78, 5) is 66.4. The van der Waals surface area contributed by atoms with Crippen molar-refractivity contribution >= 4 is 29.7 Å². The zero-order valence-corrected chi connectivity index (χ0v) is 45.9. The minimum Gasteiger partial charge on any atom is -0.488 e. The van der Waals surface area contributed by atoms with Gasteiger partial charge in [0.25, 0.3) is 11.1 Å². The van der Waals surface area contributed by atoms with Gasteiger partial charge in [0.15, 0.2) is 34.8 Å². The minimum atomic E-state index is -0.938. The number of amides is 3. The molecular weight excluding hydrogens is 1060 g/mol. The van der Waals surface area contributed by atoms with Crippen molar-refractivity contribution in [2.45, 2.75) is 84.5 Å². The molecule has 6 aromatic rings. The molecule has 432 valence electrons. The predicted octanol–water partition coefficient (Wildman–Crippen LogP) is 9.45. The van der Waals surface area contributed by atoms with Crippen LogP contribution < -0.4 is 36.5 Å². The van der Waals surface area contributed by atoms with Crippen LogP contribution in [0.3, 0.4) is 0 Å². The number of piperazine rings is 1. The van der Waals surface area contributed by atoms with E-state index in [-0.39, 0.29) is 68.1 Å². The molecule has 0 bridgehead atoms. The van der Waals surface area contributed by atoms with Gasteiger partial charge in [-0.05, 0) is 132 Å². The Hall–Kier alpha value is -8.31. The SMILES string of the molecule is CCOC(=O)Nc1cccc(Cn2nc(-c3cc(F)c(OCCCCCNC(=O)OC(C)(C)CC4CN(CCCOc5c(F)cc(-c6ccc(=O)n(Cc7cccc(NC(=O)OCC)c7)n6)cc5F)CCN4C)c(F)c3)ccc2=O)c1. The summed E-state index contributed by atoms with van der Waals surface area (Å²) in [5, 5.41) is 16.7. The molecule has 3 N–H and O–H groups in total. The molecule has 1 atom stereocenters. The fraction of sp³-hybridized carbons (Fsp3) is 0.397. The van der Waals surface area contributed by atoms with E-state index in [4.69, 9.17) is 23.7 Å². The third-order valence-electron chi connectivity index (χ3n) is 13.0. The Kier molecular flexibility index (Phi) is 21.4. The highest BCUT2D eigenvalue weighted by molar-refractivity contribution is 5.85. The van der Waals surface area contributed by atoms with E-state index in [1.165, 1.54) is 24.3 Å². The fourth-order valence-corrected chi connectivity index (χ4v) is 9.10. The summed E-state index contributed by atoms with van der Waals surface area (Å²) >= 11 is 0. The van der Waals surface area contributed by atoms with Crippen molar-refractivity contribution in [3.8, 4) is 34.0 Å². The Balaban J connectivity index is 0.797. The highest BCUT2D eigenvalue weighted by Crippen LogP contribution is 2.30. The zero-order chi connectivity index (χ0) is 58.1. The van der Waals surface area contributed by atoms with Gasteiger partial charge in [0.1, 0.15) is 5.60 Å². The molecule has 19 nitrogen and oxygen atoms in total. The van der Waals surface area contributed by atoms with Crippen molar-refractivity contribution in [1.29, 1.82) is 0 Å². The van der Waals surface area contributed by atoms with Crippen LogP contribution in [0.4, 0.5) is 43.3 Å². The largest absolute Gasteiger partial charge is 0.488 e. The molecule has 1 fully saturated rings. The number of rotatable bonds is 25. The first-order valence-corrected chi connectivity index (χ1v) is 26.7. The maximum atomic E-state index is 15.4. The van der Waals surface area contributed by atoms with E-state index in [1.54, 1.807) is 62.4 Å². The number of unbranched alkanes of at least 4 members (excludes halogenated alkanes) is 2. The summed E-state index contributed by atoms with van der Waals surface area (Å²) < 4.78 is 90.3. The second-order valence-corrected chi connectivity index (χ2v) is 19.9. The number of alkyl carbamates (subject to hydrolysis) is 1. The number of carbonyl (C=O) groups is 3. The molecule has 81 heavy (non-hydrogen) atoms. The first kappa shape index (κ1) is 60.3. The highest BCUT2D eigenvalue weighted by atomic mass is 19.1. The van der Waals surface area contributed by atoms with E-state index >= 15 is 17.6 Å². The van der Waals surface area contributed by atoms with Gasteiger partial charge in [-0.3, -0.25) is 20.2 Å². The number of ether oxygens (including phenoxy) is 5. The summed E-state index contributed by atoms with van der Waals surface area (Å²) in [5.41, 5.74) is 1.02. The first-order chi connectivity index (χ1) is 38.9. The number of anilines is 2. The first-order valence-electron chi connectivity index (χ1n) is 26.7. The van der Waals surface area contributed by atoms with Gasteiger partial charge in [-0.2, -0.15) is 10.2 Å². The van der Waals surface area contributed by atoms with E-state index in [9.17, 15) is 24.0 Å². The summed E-state index contributed by atoms with van der Waals surface area (Å²) in [6, 6.07) is 23.2. The molecule has 3 heterocycles. The number of halogens is 4. The number of aromatic nitrogens is 4. The standard InChI is InChI=1S/C58H67F4N9O10/c1-6-77-56(75)64-42-16-11-14-38(28-42)35-70-51(72)20-18-49(66-70)40-30-45(59)53(46(60)31-40)79-26-10-8-9-22-63-55(74)81-58(3,4)34-44-37-69(25-24-68(44)5)23-13-27-80-54-47(61)32-41(33-48(54)62)50-19-21-52(73)71(67-50)36-39-15-12-17-43(29-39)65-57(76)78-7-2/h11-12,14-21,28-33,44H,6-10,13,22-27,34-37H2,1-5H3,(H,63,74)(H,64,75)(H,65,76). The average molecular weight is 1130 g/mol. The number of hydrogen-bond donors (Lipinski definition) is 3. The van der Waals surface area contributed by atoms with Gasteiger partial charge < -0.3 is 38.8 Å². The lowest BCUT2D eigenvalue weighted by Gasteiger charge is -2.42. The normalized spacial score (nSPS) is 13.8. The molecule has 0 spiro atoms. The Morgan fingerprint density at radius 2 is 1.12 bits per heavy atom. The van der Waals surface area contributed by atoms with Crippen molar-refractivity contribution < 1.29 is 55.6 Å². The van der Waals surface area contributed by atoms with Crippen LogP contribution in [0.5, 0.6) is 11.5 Å². The Morgan fingerprint density at radius 1 is 0.630 bits per heavy atom. The Labute approximate surface area is 466 Å². The quantitative estimate of drug-likeness (QED) is 0.0277. The maximum Gasteiger partial charge on any atom is 0.411 e. The van der Waals surface area contributed by atoms with E-state index in [2.05, 4.69) is 35.9 Å². The monoisotopic (exact) mass is 1130 g/mol. The molecule has 3 amide bonds. The Morgan fingerprint density at radius 3 is 1.62 bits per heavy atom. The predicted molar refractivity (Wildman–Crippen MR) is 296 cm³/mol. The third kappa shape index (κ3) is 17.8. The topological polar surface area (TPSA) is 210 Å². The van der Waals surface area contributed by atoms with Crippen molar-refractivity contribution in [1.82, 2.24) is 34.7 Å². The average Bonchev–Trinajstić information content (AvgIpc) is 3.46. The van der Waals surface area contributed by atoms with Crippen LogP contribution in [-0.4, -0.2) is 125 Å². The summed E-state index contributed by atoms with van der Waals surface area (Å²) in [5.74, 6) is -4.77. The second-order valence-electron chi connectivity index (χ2n) is 19.9. The van der Waals surface area contributed by atoms with Crippen LogP contribution in [-0.2, 0) is 27.3 Å². The van der Waals surface area contributed by atoms with E-state index in [1.807, 2.05) is 20.9 Å². The van der Waals surface area contributed by atoms with E-state index in [0.717, 1.165) is 46.7 Å². The van der Waals surface area contributed by atoms with Crippen molar-refractivity contribution in [3.05, 3.63) is 152 Å². The number of carbonyl (C=O) groups excluding carboxylic acids is 3. The van der Waals surface area contributed by atoms with Crippen LogP contribution in [0.25, 0.3) is 22.5 Å². The lowest BCUT2D eigenvalue weighted by molar-refractivity contribution is -0.00573. The summed E-state index contributed by atoms with van der Waals surface area (Å²) in [6.07, 6.45) is 0.775. The molecule has 1 aliphatic heterocycles. The number of hydrogen-bond acceptors (Lipinski definition) is 14. The Bertz CT molecular complexity index is 3220. The molecule has 1 aliphatic rings. The number of nitrogens with zero attached hydrogens (tertiary/aromatic N) is 6. The molecule has 0 saturated carbocycles. The highest BCUT2D eigenvalue weighted by Gasteiger charge is 2.33. The molecular formula is C58H67F4N9O10. The number of benzene rings is 4. The van der Waals surface area contributed by atoms with Crippen LogP contribution in [0.2, 0.25) is 0 Å². The van der Waals surface area contributed by atoms with Crippen LogP contribution in [0.15, 0.2) is 107 Å². The lowest BCUT2D eigenvalue weighted by atomic mass is 9.96. The van der Waals surface area contributed by atoms with Crippen LogP contribution in [0, 0.1) is 23.3 Å². The zero-order valence-electron chi connectivity index (χ0n) is 45.9. The summed E-state index contributed by atoms with van der Waals surface area (Å²) in [7, 11) is 2.01.